The van der Waals surface area contributed by atoms with Crippen molar-refractivity contribution in [2.24, 2.45) is 11.8 Å². The van der Waals surface area contributed by atoms with Crippen LogP contribution in [0.5, 0.6) is 0 Å². The largest absolute Gasteiger partial charge is 0.478 e. The zero-order chi connectivity index (χ0) is 26.8. The van der Waals surface area contributed by atoms with Crippen LogP contribution >= 0.6 is 34.5 Å². The highest BCUT2D eigenvalue weighted by Crippen LogP contribution is 2.47. The molecule has 4 aromatic rings. The third kappa shape index (κ3) is 4.61. The molecule has 0 bridgehead atoms. The number of carbonyl (C=O) groups is 1. The highest BCUT2D eigenvalue weighted by Gasteiger charge is 2.43. The number of aromatic carboxylic acids is 1. The van der Waals surface area contributed by atoms with Crippen LogP contribution in [0.25, 0.3) is 21.5 Å². The van der Waals surface area contributed by atoms with Crippen molar-refractivity contribution in [1.29, 1.82) is 0 Å². The van der Waals surface area contributed by atoms with Crippen molar-refractivity contribution < 1.29 is 19.2 Å². The zero-order valence-corrected chi connectivity index (χ0v) is 23.7. The van der Waals surface area contributed by atoms with Crippen LogP contribution in [0.15, 0.2) is 34.9 Å². The van der Waals surface area contributed by atoms with E-state index in [-0.39, 0.29) is 6.10 Å². The molecule has 0 amide bonds. The van der Waals surface area contributed by atoms with Crippen LogP contribution < -0.4 is 4.90 Å². The summed E-state index contributed by atoms with van der Waals surface area (Å²) in [4.78, 5) is 18.7. The molecule has 2 saturated carbocycles. The first-order chi connectivity index (χ1) is 18.9. The van der Waals surface area contributed by atoms with E-state index in [0.717, 1.165) is 71.0 Å². The minimum absolute atomic E-state index is 0.175. The van der Waals surface area contributed by atoms with Gasteiger partial charge >= 0.3 is 5.97 Å². The van der Waals surface area contributed by atoms with Gasteiger partial charge in [-0.2, -0.15) is 0 Å². The standard InChI is InChI=1S/C29H27Cl2N3O4S/c1-14-7-16(28(35)36)10-23-25(14)32-29(39-23)34-11-17-8-19(9-18(17)12-34)37-13-20-26(33-38-27(20)15-5-6-15)24-21(30)3-2-4-22(24)31/h2-4,7,10,15,17-19H,5-6,8-9,11-13H2,1H3,(H,35,36)/t17-,18+,19+. The van der Waals surface area contributed by atoms with Crippen molar-refractivity contribution in [1.82, 2.24) is 10.1 Å². The number of anilines is 1. The quantitative estimate of drug-likeness (QED) is 0.240. The highest BCUT2D eigenvalue weighted by atomic mass is 35.5. The Labute approximate surface area is 239 Å². The van der Waals surface area contributed by atoms with Crippen molar-refractivity contribution in [2.45, 2.75) is 51.2 Å². The Morgan fingerprint density at radius 3 is 2.56 bits per heavy atom. The normalized spacial score (nSPS) is 22.6. The third-order valence-corrected chi connectivity index (χ3v) is 10.0. The fraction of sp³-hybridized carbons (Fsp3) is 0.414. The molecular formula is C29H27Cl2N3O4S. The molecule has 2 aromatic carbocycles. The van der Waals surface area contributed by atoms with E-state index in [4.69, 9.17) is 37.4 Å². The fourth-order valence-electron chi connectivity index (χ4n) is 6.23. The Morgan fingerprint density at radius 2 is 1.90 bits per heavy atom. The molecule has 7 rings (SSSR count). The van der Waals surface area contributed by atoms with Gasteiger partial charge in [-0.25, -0.2) is 9.78 Å². The Kier molecular flexibility index (Phi) is 6.34. The summed E-state index contributed by atoms with van der Waals surface area (Å²) in [6, 6.07) is 8.90. The number of aryl methyl sites for hydroxylation is 1. The van der Waals surface area contributed by atoms with Crippen LogP contribution in [-0.4, -0.2) is 40.4 Å². The van der Waals surface area contributed by atoms with Crippen molar-refractivity contribution >= 4 is 55.9 Å². The summed E-state index contributed by atoms with van der Waals surface area (Å²) in [6.45, 7) is 4.24. The fourth-order valence-corrected chi connectivity index (χ4v) is 7.91. The molecule has 1 aliphatic heterocycles. The smallest absolute Gasteiger partial charge is 0.335 e. The number of rotatable bonds is 7. The number of thiazole rings is 1. The van der Waals surface area contributed by atoms with Crippen LogP contribution in [0.4, 0.5) is 5.13 Å². The lowest BCUT2D eigenvalue weighted by atomic mass is 10.0. The molecule has 202 valence electrons. The van der Waals surface area contributed by atoms with Gasteiger partial charge in [-0.1, -0.05) is 45.8 Å². The lowest BCUT2D eigenvalue weighted by Crippen LogP contribution is -2.23. The number of fused-ring (bicyclic) bond motifs is 2. The van der Waals surface area contributed by atoms with Gasteiger partial charge < -0.3 is 19.3 Å². The lowest BCUT2D eigenvalue weighted by molar-refractivity contribution is 0.0403. The Morgan fingerprint density at radius 1 is 1.18 bits per heavy atom. The Bertz CT molecular complexity index is 1560. The van der Waals surface area contributed by atoms with Crippen LogP contribution in [0.1, 0.15) is 58.8 Å². The second-order valence-electron chi connectivity index (χ2n) is 11.0. The summed E-state index contributed by atoms with van der Waals surface area (Å²) in [5.74, 6) is 1.48. The average Bonchev–Trinajstić information content (AvgIpc) is 3.20. The first kappa shape index (κ1) is 25.3. The van der Waals surface area contributed by atoms with Gasteiger partial charge in [0.25, 0.3) is 0 Å². The van der Waals surface area contributed by atoms with Crippen LogP contribution in [0, 0.1) is 18.8 Å². The molecular weight excluding hydrogens is 557 g/mol. The first-order valence-electron chi connectivity index (χ1n) is 13.3. The number of carboxylic acids is 1. The summed E-state index contributed by atoms with van der Waals surface area (Å²) < 4.78 is 13.2. The molecule has 1 saturated heterocycles. The van der Waals surface area contributed by atoms with Gasteiger partial charge in [0.15, 0.2) is 5.13 Å². The lowest BCUT2D eigenvalue weighted by Gasteiger charge is -2.19. The Hall–Kier alpha value is -2.65. The summed E-state index contributed by atoms with van der Waals surface area (Å²) >= 11 is 14.6. The number of nitrogens with zero attached hydrogens (tertiary/aromatic N) is 3. The molecule has 7 nitrogen and oxygen atoms in total. The minimum Gasteiger partial charge on any atom is -0.478 e. The second kappa shape index (κ2) is 9.77. The van der Waals surface area contributed by atoms with E-state index >= 15 is 0 Å². The van der Waals surface area contributed by atoms with Crippen molar-refractivity contribution in [3.8, 4) is 11.3 Å². The molecule has 2 aromatic heterocycles. The molecule has 3 atom stereocenters. The van der Waals surface area contributed by atoms with Crippen molar-refractivity contribution in [3.05, 3.63) is 62.8 Å². The molecule has 3 heterocycles. The number of carboxylic acid groups (broad SMARTS) is 1. The number of ether oxygens (including phenoxy) is 1. The van der Waals surface area contributed by atoms with E-state index < -0.39 is 5.97 Å². The predicted octanol–water partition coefficient (Wildman–Crippen LogP) is 7.57. The summed E-state index contributed by atoms with van der Waals surface area (Å²) in [5, 5.41) is 15.9. The SMILES string of the molecule is Cc1cc(C(=O)O)cc2sc(N3C[C@H]4C[C@H](OCc5c(-c6c(Cl)cccc6Cl)noc5C5CC5)C[C@H]4C3)nc12. The van der Waals surface area contributed by atoms with E-state index in [0.29, 0.717) is 51.2 Å². The minimum atomic E-state index is -0.908. The molecule has 2 aliphatic carbocycles. The molecule has 10 heteroatoms. The number of benzene rings is 2. The molecule has 1 N–H and O–H groups in total. The van der Waals surface area contributed by atoms with Gasteiger partial charge in [-0.3, -0.25) is 0 Å². The van der Waals surface area contributed by atoms with Gasteiger partial charge in [-0.05, 0) is 74.3 Å². The first-order valence-corrected chi connectivity index (χ1v) is 14.9. The zero-order valence-electron chi connectivity index (χ0n) is 21.3. The van der Waals surface area contributed by atoms with Gasteiger partial charge in [0.2, 0.25) is 0 Å². The molecule has 39 heavy (non-hydrogen) atoms. The van der Waals surface area contributed by atoms with Gasteiger partial charge in [0.1, 0.15) is 11.5 Å². The van der Waals surface area contributed by atoms with E-state index in [1.165, 1.54) is 0 Å². The predicted molar refractivity (Wildman–Crippen MR) is 152 cm³/mol. The number of aromatic nitrogens is 2. The van der Waals surface area contributed by atoms with E-state index in [2.05, 4.69) is 10.1 Å². The van der Waals surface area contributed by atoms with Crippen LogP contribution in [0.3, 0.4) is 0 Å². The van der Waals surface area contributed by atoms with E-state index in [1.54, 1.807) is 23.5 Å². The average molecular weight is 585 g/mol. The molecule has 0 unspecified atom stereocenters. The second-order valence-corrected chi connectivity index (χ2v) is 12.8. The number of hydrogen-bond acceptors (Lipinski definition) is 7. The summed E-state index contributed by atoms with van der Waals surface area (Å²) in [5.41, 5.74) is 4.47. The molecule has 0 spiro atoms. The molecule has 3 aliphatic rings. The van der Waals surface area contributed by atoms with Gasteiger partial charge in [-0.15, -0.1) is 0 Å². The van der Waals surface area contributed by atoms with Crippen molar-refractivity contribution in [3.63, 3.8) is 0 Å². The monoisotopic (exact) mass is 583 g/mol. The van der Waals surface area contributed by atoms with E-state index in [9.17, 15) is 9.90 Å². The highest BCUT2D eigenvalue weighted by molar-refractivity contribution is 7.22. The van der Waals surface area contributed by atoms with Gasteiger partial charge in [0, 0.05) is 30.1 Å². The number of halogens is 2. The third-order valence-electron chi connectivity index (χ3n) is 8.33. The summed E-state index contributed by atoms with van der Waals surface area (Å²) in [7, 11) is 0. The maximum Gasteiger partial charge on any atom is 0.335 e. The van der Waals surface area contributed by atoms with Crippen LogP contribution in [0.2, 0.25) is 10.0 Å². The van der Waals surface area contributed by atoms with E-state index in [1.807, 2.05) is 25.1 Å². The van der Waals surface area contributed by atoms with Gasteiger partial charge in [0.05, 0.1) is 38.5 Å². The maximum absolute atomic E-state index is 11.5. The Balaban J connectivity index is 1.04. The molecule has 3 fully saturated rings. The summed E-state index contributed by atoms with van der Waals surface area (Å²) in [6.07, 6.45) is 4.38. The number of hydrogen-bond donors (Lipinski definition) is 1. The topological polar surface area (TPSA) is 88.7 Å². The maximum atomic E-state index is 11.5. The van der Waals surface area contributed by atoms with Crippen molar-refractivity contribution in [2.75, 3.05) is 18.0 Å². The molecule has 0 radical (unpaired) electrons. The van der Waals surface area contributed by atoms with Crippen LogP contribution in [-0.2, 0) is 11.3 Å².